The van der Waals surface area contributed by atoms with Crippen molar-refractivity contribution in [3.8, 4) is 0 Å². The molecule has 0 saturated carbocycles. The van der Waals surface area contributed by atoms with Gasteiger partial charge in [0.1, 0.15) is 6.17 Å². The number of nitrogens with one attached hydrogen (secondary N) is 1. The molecule has 2 aliphatic heterocycles. The van der Waals surface area contributed by atoms with Gasteiger partial charge < -0.3 is 5.32 Å². The van der Waals surface area contributed by atoms with Crippen molar-refractivity contribution in [2.75, 3.05) is 19.2 Å². The number of nitrogens with zero attached hydrogens (tertiary/aromatic N) is 4. The zero-order valence-electron chi connectivity index (χ0n) is 10.3. The second-order valence-electron chi connectivity index (χ2n) is 4.33. The monoisotopic (exact) mass is 329 g/mol. The molecular formula is C6H11N5O7S2. The van der Waals surface area contributed by atoms with Crippen LogP contribution < -0.4 is 5.32 Å². The molecular weight excluding hydrogens is 318 g/mol. The molecule has 0 radical (unpaired) electrons. The minimum absolute atomic E-state index is 0.0664. The first-order valence-electron chi connectivity index (χ1n) is 5.12. The van der Waals surface area contributed by atoms with Gasteiger partial charge >= 0.3 is 6.03 Å². The topological polar surface area (TPSA) is 150 Å². The lowest BCUT2D eigenvalue weighted by Gasteiger charge is -2.20. The van der Waals surface area contributed by atoms with Crippen LogP contribution in [0.5, 0.6) is 0 Å². The number of fused-ring (bicyclic) bond motifs is 1. The quantitative estimate of drug-likeness (QED) is 0.438. The smallest absolute Gasteiger partial charge is 0.313 e. The van der Waals surface area contributed by atoms with Crippen molar-refractivity contribution < 1.29 is 26.7 Å². The maximum absolute atomic E-state index is 11.6. The van der Waals surface area contributed by atoms with Gasteiger partial charge in [-0.1, -0.05) is 0 Å². The molecule has 0 aromatic carbocycles. The normalized spacial score (nSPS) is 28.5. The van der Waals surface area contributed by atoms with E-state index in [0.717, 1.165) is 12.5 Å². The van der Waals surface area contributed by atoms with Gasteiger partial charge in [0.05, 0.1) is 19.2 Å². The summed E-state index contributed by atoms with van der Waals surface area (Å²) in [6.45, 7) is -0.600. The van der Waals surface area contributed by atoms with Crippen molar-refractivity contribution in [3.05, 3.63) is 10.1 Å². The lowest BCUT2D eigenvalue weighted by molar-refractivity contribution is -0.641. The Bertz CT molecular complexity index is 672. The molecule has 0 aliphatic carbocycles. The average Bonchev–Trinajstić information content (AvgIpc) is 2.68. The molecule has 14 heteroatoms. The van der Waals surface area contributed by atoms with Gasteiger partial charge in [0.15, 0.2) is 5.03 Å². The minimum Gasteiger partial charge on any atom is -0.313 e. The summed E-state index contributed by atoms with van der Waals surface area (Å²) < 4.78 is 47.7. The molecule has 0 spiro atoms. The summed E-state index contributed by atoms with van der Waals surface area (Å²) in [6, 6.07) is -1.17. The second kappa shape index (κ2) is 4.24. The highest BCUT2D eigenvalue weighted by atomic mass is 32.2. The van der Waals surface area contributed by atoms with Gasteiger partial charge in [-0.05, 0) is 5.01 Å². The molecule has 2 aliphatic rings. The van der Waals surface area contributed by atoms with Crippen LogP contribution in [0, 0.1) is 10.1 Å². The Kier molecular flexibility index (Phi) is 3.16. The lowest BCUT2D eigenvalue weighted by Crippen LogP contribution is -2.49. The van der Waals surface area contributed by atoms with E-state index in [1.807, 2.05) is 0 Å². The van der Waals surface area contributed by atoms with Crippen LogP contribution in [-0.4, -0.2) is 73.0 Å². The van der Waals surface area contributed by atoms with Crippen LogP contribution in [0.1, 0.15) is 0 Å². The van der Waals surface area contributed by atoms with Crippen LogP contribution in [0.15, 0.2) is 0 Å². The van der Waals surface area contributed by atoms with Gasteiger partial charge in [0, 0.05) is 0 Å². The maximum atomic E-state index is 11.6. The van der Waals surface area contributed by atoms with Crippen LogP contribution in [0.25, 0.3) is 0 Å². The zero-order valence-corrected chi connectivity index (χ0v) is 12.0. The molecule has 0 unspecified atom stereocenters. The number of nitro groups is 1. The van der Waals surface area contributed by atoms with Gasteiger partial charge in [-0.2, -0.15) is 8.61 Å². The lowest BCUT2D eigenvalue weighted by atomic mass is 10.4. The predicted molar refractivity (Wildman–Crippen MR) is 63.2 cm³/mol. The molecule has 2 saturated heterocycles. The Morgan fingerprint density at radius 2 is 1.70 bits per heavy atom. The summed E-state index contributed by atoms with van der Waals surface area (Å²) in [5.41, 5.74) is 0. The third-order valence-electron chi connectivity index (χ3n) is 2.92. The van der Waals surface area contributed by atoms with E-state index in [1.54, 1.807) is 0 Å². The van der Waals surface area contributed by atoms with Crippen LogP contribution in [-0.2, 0) is 20.0 Å². The Morgan fingerprint density at radius 1 is 1.20 bits per heavy atom. The molecule has 2 fully saturated rings. The fourth-order valence-corrected chi connectivity index (χ4v) is 4.03. The predicted octanol–water partition coefficient (Wildman–Crippen LogP) is -2.65. The van der Waals surface area contributed by atoms with Gasteiger partial charge in [0.25, 0.3) is 0 Å². The molecule has 0 aromatic heterocycles. The number of hydrogen-bond donors (Lipinski definition) is 1. The molecule has 2 heterocycles. The van der Waals surface area contributed by atoms with Crippen LogP contribution >= 0.6 is 0 Å². The molecule has 1 N–H and O–H groups in total. The Morgan fingerprint density at radius 3 is 2.10 bits per heavy atom. The number of urea groups is 1. The summed E-state index contributed by atoms with van der Waals surface area (Å²) in [6.07, 6.45) is -1.30. The largest absolute Gasteiger partial charge is 0.378 e. The summed E-state index contributed by atoms with van der Waals surface area (Å²) in [4.78, 5) is 22.4. The van der Waals surface area contributed by atoms with Crippen molar-refractivity contribution in [1.29, 1.82) is 0 Å². The number of amides is 2. The summed E-state index contributed by atoms with van der Waals surface area (Å²) in [5, 5.41) is 11.9. The third kappa shape index (κ3) is 2.19. The number of sulfonamides is 2. The molecule has 2 rings (SSSR count). The van der Waals surface area contributed by atoms with E-state index in [0.29, 0.717) is 8.61 Å². The zero-order chi connectivity index (χ0) is 15.5. The first-order chi connectivity index (χ1) is 8.94. The molecule has 2 amide bonds. The highest BCUT2D eigenvalue weighted by Crippen LogP contribution is 2.30. The number of rotatable bonds is 3. The van der Waals surface area contributed by atoms with Crippen molar-refractivity contribution in [1.82, 2.24) is 18.9 Å². The van der Waals surface area contributed by atoms with Gasteiger partial charge in [-0.15, -0.1) is 0 Å². The van der Waals surface area contributed by atoms with E-state index in [9.17, 15) is 31.7 Å². The summed E-state index contributed by atoms with van der Waals surface area (Å²) >= 11 is 0. The maximum Gasteiger partial charge on any atom is 0.378 e. The molecule has 12 nitrogen and oxygen atoms in total. The van der Waals surface area contributed by atoms with E-state index in [1.165, 1.54) is 0 Å². The molecule has 20 heavy (non-hydrogen) atoms. The van der Waals surface area contributed by atoms with Crippen molar-refractivity contribution in [2.24, 2.45) is 0 Å². The first kappa shape index (κ1) is 14.9. The number of hydrazine groups is 1. The van der Waals surface area contributed by atoms with Gasteiger partial charge in [-0.25, -0.2) is 31.7 Å². The van der Waals surface area contributed by atoms with Crippen molar-refractivity contribution >= 4 is 26.1 Å². The van der Waals surface area contributed by atoms with Gasteiger partial charge in [0.2, 0.25) is 26.2 Å². The molecule has 114 valence electrons. The summed E-state index contributed by atoms with van der Waals surface area (Å²) in [7, 11) is -7.81. The SMILES string of the molecule is CS(=O)(=O)N1CN(S(C)(=O)=O)[C@H]2[C@@H]1NC(=O)N2[N+](=O)[O-]. The highest BCUT2D eigenvalue weighted by molar-refractivity contribution is 7.89. The van der Waals surface area contributed by atoms with Crippen molar-refractivity contribution in [2.45, 2.75) is 12.3 Å². The minimum atomic E-state index is -3.95. The van der Waals surface area contributed by atoms with Gasteiger partial charge in [-0.3, -0.25) is 0 Å². The Labute approximate surface area is 114 Å². The molecule has 0 aromatic rings. The van der Waals surface area contributed by atoms with E-state index in [2.05, 4.69) is 5.32 Å². The van der Waals surface area contributed by atoms with Crippen LogP contribution in [0.3, 0.4) is 0 Å². The van der Waals surface area contributed by atoms with Crippen molar-refractivity contribution in [3.63, 3.8) is 0 Å². The molecule has 2 atom stereocenters. The van der Waals surface area contributed by atoms with E-state index < -0.39 is 50.1 Å². The number of carbonyl (C=O) groups is 1. The summed E-state index contributed by atoms with van der Waals surface area (Å²) in [5.74, 6) is 0. The van der Waals surface area contributed by atoms with E-state index in [4.69, 9.17) is 0 Å². The average molecular weight is 329 g/mol. The Hall–Kier alpha value is -1.51. The first-order valence-corrected chi connectivity index (χ1v) is 8.82. The molecule has 0 bridgehead atoms. The fourth-order valence-electron chi connectivity index (χ4n) is 2.11. The number of carbonyl (C=O) groups excluding carboxylic acids is 1. The fraction of sp³-hybridized carbons (Fsp3) is 0.833. The second-order valence-corrected chi connectivity index (χ2v) is 8.20. The van der Waals surface area contributed by atoms with Crippen LogP contribution in [0.4, 0.5) is 4.79 Å². The number of hydrogen-bond acceptors (Lipinski definition) is 7. The third-order valence-corrected chi connectivity index (χ3v) is 5.30. The van der Waals surface area contributed by atoms with E-state index in [-0.39, 0.29) is 5.01 Å². The standard InChI is InChI=1S/C6H11N5O7S2/c1-19(15,16)8-3-9(20(2,17)18)5-4(8)7-6(12)10(5)11(13)14/h4-5H,3H2,1-2H3,(H,7,12)/t4-,5-/m1/s1. The Balaban J connectivity index is 2.54. The highest BCUT2D eigenvalue weighted by Gasteiger charge is 2.61. The van der Waals surface area contributed by atoms with Crippen LogP contribution in [0.2, 0.25) is 0 Å². The van der Waals surface area contributed by atoms with E-state index >= 15 is 0 Å².